The maximum absolute atomic E-state index is 11.8. The highest BCUT2D eigenvalue weighted by molar-refractivity contribution is 9.13. The molecule has 0 aliphatic heterocycles. The van der Waals surface area contributed by atoms with Crippen LogP contribution in [0.3, 0.4) is 0 Å². The molecule has 0 radical (unpaired) electrons. The number of likely N-dealkylation sites (N-methyl/N-ethyl adjacent to an activating group) is 1. The van der Waals surface area contributed by atoms with Crippen LogP contribution in [0.1, 0.15) is 16.6 Å². The van der Waals surface area contributed by atoms with E-state index in [1.807, 2.05) is 0 Å². The minimum Gasteiger partial charge on any atom is -0.347 e. The molecule has 1 aromatic heterocycles. The van der Waals surface area contributed by atoms with E-state index < -0.39 is 6.04 Å². The molecule has 0 bridgehead atoms. The first-order valence-electron chi connectivity index (χ1n) is 4.79. The van der Waals surface area contributed by atoms with Crippen LogP contribution in [0.25, 0.3) is 0 Å². The Morgan fingerprint density at radius 1 is 1.41 bits per heavy atom. The maximum atomic E-state index is 11.8. The van der Waals surface area contributed by atoms with Gasteiger partial charge in [0.15, 0.2) is 0 Å². The zero-order valence-corrected chi connectivity index (χ0v) is 13.6. The van der Waals surface area contributed by atoms with Crippen molar-refractivity contribution in [3.63, 3.8) is 0 Å². The van der Waals surface area contributed by atoms with E-state index in [4.69, 9.17) is 0 Å². The first kappa shape index (κ1) is 14.7. The van der Waals surface area contributed by atoms with Crippen LogP contribution in [-0.4, -0.2) is 36.9 Å². The number of rotatable bonds is 3. The second kappa shape index (κ2) is 5.97. The molecule has 17 heavy (non-hydrogen) atoms. The van der Waals surface area contributed by atoms with Crippen LogP contribution >= 0.6 is 43.2 Å². The summed E-state index contributed by atoms with van der Waals surface area (Å²) in [5.41, 5.74) is 0. The van der Waals surface area contributed by atoms with Gasteiger partial charge in [-0.3, -0.25) is 9.59 Å². The Morgan fingerprint density at radius 3 is 2.41 bits per heavy atom. The Hall–Kier alpha value is -0.400. The summed E-state index contributed by atoms with van der Waals surface area (Å²) in [4.78, 5) is 25.4. The van der Waals surface area contributed by atoms with Gasteiger partial charge >= 0.3 is 0 Å². The van der Waals surface area contributed by atoms with Gasteiger partial charge in [-0.15, -0.1) is 11.3 Å². The SMILES string of the molecule is CC(NC(=O)c1cc(Br)c(Br)s1)C(=O)N(C)C. The molecule has 0 fully saturated rings. The van der Waals surface area contributed by atoms with Gasteiger partial charge in [0.2, 0.25) is 5.91 Å². The Kier molecular flexibility index (Phi) is 5.15. The summed E-state index contributed by atoms with van der Waals surface area (Å²) in [6, 6.07) is 1.19. The van der Waals surface area contributed by atoms with Crippen molar-refractivity contribution in [2.45, 2.75) is 13.0 Å². The van der Waals surface area contributed by atoms with Gasteiger partial charge in [0.05, 0.1) is 8.66 Å². The fourth-order valence-electron chi connectivity index (χ4n) is 1.18. The molecule has 1 N–H and O–H groups in total. The van der Waals surface area contributed by atoms with Gasteiger partial charge in [-0.1, -0.05) is 0 Å². The molecule has 0 aromatic carbocycles. The fourth-order valence-corrected chi connectivity index (χ4v) is 3.11. The van der Waals surface area contributed by atoms with Crippen LogP contribution in [0.4, 0.5) is 0 Å². The summed E-state index contributed by atoms with van der Waals surface area (Å²) in [7, 11) is 3.31. The standard InChI is InChI=1S/C10H12Br2N2O2S/c1-5(10(16)14(2)3)13-9(15)7-4-6(11)8(12)17-7/h4-5H,1-3H3,(H,13,15). The molecule has 0 saturated heterocycles. The van der Waals surface area contributed by atoms with Gasteiger partial charge in [-0.2, -0.15) is 0 Å². The number of thiophene rings is 1. The Morgan fingerprint density at radius 2 is 2.00 bits per heavy atom. The van der Waals surface area contributed by atoms with Gasteiger partial charge in [-0.25, -0.2) is 0 Å². The van der Waals surface area contributed by atoms with Crippen molar-refractivity contribution in [1.82, 2.24) is 10.2 Å². The number of amides is 2. The lowest BCUT2D eigenvalue weighted by atomic mass is 10.3. The third kappa shape index (κ3) is 3.79. The van der Waals surface area contributed by atoms with E-state index >= 15 is 0 Å². The number of hydrogen-bond donors (Lipinski definition) is 1. The Labute approximate surface area is 121 Å². The highest BCUT2D eigenvalue weighted by Gasteiger charge is 2.19. The first-order valence-corrected chi connectivity index (χ1v) is 7.20. The van der Waals surface area contributed by atoms with E-state index in [0.29, 0.717) is 4.88 Å². The molecule has 0 saturated carbocycles. The summed E-state index contributed by atoms with van der Waals surface area (Å²) in [6.07, 6.45) is 0. The molecule has 4 nitrogen and oxygen atoms in total. The van der Waals surface area contributed by atoms with Gasteiger partial charge < -0.3 is 10.2 Å². The molecule has 1 rings (SSSR count). The van der Waals surface area contributed by atoms with E-state index in [9.17, 15) is 9.59 Å². The fraction of sp³-hybridized carbons (Fsp3) is 0.400. The smallest absolute Gasteiger partial charge is 0.262 e. The summed E-state index contributed by atoms with van der Waals surface area (Å²) >= 11 is 7.95. The molecule has 7 heteroatoms. The zero-order chi connectivity index (χ0) is 13.2. The molecule has 94 valence electrons. The van der Waals surface area contributed by atoms with Crippen LogP contribution in [0, 0.1) is 0 Å². The summed E-state index contributed by atoms with van der Waals surface area (Å²) in [5, 5.41) is 2.66. The van der Waals surface area contributed by atoms with Crippen molar-refractivity contribution in [1.29, 1.82) is 0 Å². The minimum atomic E-state index is -0.530. The van der Waals surface area contributed by atoms with Crippen LogP contribution < -0.4 is 5.32 Å². The number of halogens is 2. The highest BCUT2D eigenvalue weighted by Crippen LogP contribution is 2.32. The van der Waals surface area contributed by atoms with Crippen molar-refractivity contribution in [2.24, 2.45) is 0 Å². The van der Waals surface area contributed by atoms with Crippen molar-refractivity contribution in [3.8, 4) is 0 Å². The van der Waals surface area contributed by atoms with Gasteiger partial charge in [0, 0.05) is 18.6 Å². The molecular weight excluding hydrogens is 372 g/mol. The van der Waals surface area contributed by atoms with Crippen LogP contribution in [0.2, 0.25) is 0 Å². The molecule has 2 amide bonds. The lowest BCUT2D eigenvalue weighted by molar-refractivity contribution is -0.130. The van der Waals surface area contributed by atoms with E-state index in [2.05, 4.69) is 37.2 Å². The predicted molar refractivity (Wildman–Crippen MR) is 75.3 cm³/mol. The molecule has 0 aliphatic rings. The quantitative estimate of drug-likeness (QED) is 0.871. The summed E-state index contributed by atoms with van der Waals surface area (Å²) < 4.78 is 1.69. The lowest BCUT2D eigenvalue weighted by Gasteiger charge is -2.17. The van der Waals surface area contributed by atoms with Crippen LogP contribution in [0.15, 0.2) is 14.3 Å². The molecule has 1 heterocycles. The average Bonchev–Trinajstić information content (AvgIpc) is 2.58. The van der Waals surface area contributed by atoms with Gasteiger partial charge in [0.25, 0.3) is 5.91 Å². The number of hydrogen-bond acceptors (Lipinski definition) is 3. The van der Waals surface area contributed by atoms with Gasteiger partial charge in [-0.05, 0) is 44.8 Å². The molecule has 1 unspecified atom stereocenters. The van der Waals surface area contributed by atoms with Gasteiger partial charge in [0.1, 0.15) is 6.04 Å². The zero-order valence-electron chi connectivity index (χ0n) is 9.58. The van der Waals surface area contributed by atoms with Crippen LogP contribution in [0.5, 0.6) is 0 Å². The second-order valence-electron chi connectivity index (χ2n) is 3.66. The van der Waals surface area contributed by atoms with Crippen molar-refractivity contribution in [2.75, 3.05) is 14.1 Å². The topological polar surface area (TPSA) is 49.4 Å². The Balaban J connectivity index is 2.70. The first-order chi connectivity index (χ1) is 7.82. The molecule has 0 aliphatic carbocycles. The average molecular weight is 384 g/mol. The minimum absolute atomic E-state index is 0.131. The number of carbonyl (C=O) groups excluding carboxylic acids is 2. The molecule has 0 spiro atoms. The molecular formula is C10H12Br2N2O2S. The van der Waals surface area contributed by atoms with E-state index in [1.165, 1.54) is 16.2 Å². The maximum Gasteiger partial charge on any atom is 0.262 e. The number of nitrogens with one attached hydrogen (secondary N) is 1. The normalized spacial score (nSPS) is 12.1. The van der Waals surface area contributed by atoms with E-state index in [0.717, 1.165) is 8.26 Å². The number of nitrogens with zero attached hydrogens (tertiary/aromatic N) is 1. The van der Waals surface area contributed by atoms with Crippen molar-refractivity contribution >= 4 is 55.0 Å². The Bertz CT molecular complexity index is 426. The van der Waals surface area contributed by atoms with Crippen molar-refractivity contribution in [3.05, 3.63) is 19.2 Å². The lowest BCUT2D eigenvalue weighted by Crippen LogP contribution is -2.44. The third-order valence-electron chi connectivity index (χ3n) is 2.03. The predicted octanol–water partition coefficient (Wildman–Crippen LogP) is 2.48. The molecule has 1 aromatic rings. The summed E-state index contributed by atoms with van der Waals surface area (Å²) in [5.74, 6) is -0.378. The monoisotopic (exact) mass is 382 g/mol. The van der Waals surface area contributed by atoms with E-state index in [-0.39, 0.29) is 11.8 Å². The largest absolute Gasteiger partial charge is 0.347 e. The third-order valence-corrected chi connectivity index (χ3v) is 5.28. The number of carbonyl (C=O) groups is 2. The summed E-state index contributed by atoms with van der Waals surface area (Å²) in [6.45, 7) is 1.66. The molecule has 1 atom stereocenters. The van der Waals surface area contributed by atoms with E-state index in [1.54, 1.807) is 27.1 Å². The highest BCUT2D eigenvalue weighted by atomic mass is 79.9. The van der Waals surface area contributed by atoms with Crippen molar-refractivity contribution < 1.29 is 9.59 Å². The second-order valence-corrected chi connectivity index (χ2v) is 6.88. The van der Waals surface area contributed by atoms with Crippen LogP contribution in [-0.2, 0) is 4.79 Å².